The molecular weight excluding hydrogens is 360 g/mol. The number of aliphatic hydroxyl groups excluding tert-OH is 3. The zero-order valence-corrected chi connectivity index (χ0v) is 16.6. The van der Waals surface area contributed by atoms with Crippen LogP contribution >= 0.6 is 0 Å². The minimum atomic E-state index is -0.977. The molecule has 0 aliphatic carbocycles. The summed E-state index contributed by atoms with van der Waals surface area (Å²) in [5, 5.41) is 38.5. The summed E-state index contributed by atoms with van der Waals surface area (Å²) in [5.41, 5.74) is 0. The SMILES string of the molecule is CC/C=C\C/C=C\C/C=C\C[C@@H]1O[C@H]([C@@H](O)/C=C/[C@H](O)CCC(=O)O)C[C@H]1O. The highest BCUT2D eigenvalue weighted by Gasteiger charge is 2.36. The molecule has 0 unspecified atom stereocenters. The average Bonchev–Trinajstić information content (AvgIpc) is 3.03. The monoisotopic (exact) mass is 394 g/mol. The van der Waals surface area contributed by atoms with Gasteiger partial charge in [-0.25, -0.2) is 0 Å². The van der Waals surface area contributed by atoms with Crippen LogP contribution in [0, 0.1) is 0 Å². The minimum Gasteiger partial charge on any atom is -0.481 e. The maximum atomic E-state index is 10.5. The highest BCUT2D eigenvalue weighted by Crippen LogP contribution is 2.26. The summed E-state index contributed by atoms with van der Waals surface area (Å²) < 4.78 is 5.73. The van der Waals surface area contributed by atoms with E-state index in [1.165, 1.54) is 12.2 Å². The van der Waals surface area contributed by atoms with Gasteiger partial charge in [0.1, 0.15) is 0 Å². The van der Waals surface area contributed by atoms with E-state index in [-0.39, 0.29) is 18.9 Å². The molecule has 0 saturated carbocycles. The van der Waals surface area contributed by atoms with Crippen molar-refractivity contribution in [3.05, 3.63) is 48.6 Å². The van der Waals surface area contributed by atoms with Crippen LogP contribution in [0.4, 0.5) is 0 Å². The maximum Gasteiger partial charge on any atom is 0.303 e. The Morgan fingerprint density at radius 1 is 1.07 bits per heavy atom. The lowest BCUT2D eigenvalue weighted by Gasteiger charge is -2.16. The molecule has 1 heterocycles. The highest BCUT2D eigenvalue weighted by atomic mass is 16.5. The Hall–Kier alpha value is -1.73. The summed E-state index contributed by atoms with van der Waals surface area (Å²) in [6, 6.07) is 0. The van der Waals surface area contributed by atoms with Gasteiger partial charge in [0.25, 0.3) is 0 Å². The third-order valence-electron chi connectivity index (χ3n) is 4.47. The van der Waals surface area contributed by atoms with Crippen LogP contribution in [0.25, 0.3) is 0 Å². The number of carboxylic acid groups (broad SMARTS) is 1. The van der Waals surface area contributed by atoms with Gasteiger partial charge in [0.15, 0.2) is 0 Å². The number of hydrogen-bond acceptors (Lipinski definition) is 5. The van der Waals surface area contributed by atoms with E-state index < -0.39 is 30.4 Å². The van der Waals surface area contributed by atoms with Crippen molar-refractivity contribution >= 4 is 5.97 Å². The lowest BCUT2D eigenvalue weighted by molar-refractivity contribution is -0.137. The first kappa shape index (κ1) is 24.3. The molecule has 5 atom stereocenters. The van der Waals surface area contributed by atoms with Gasteiger partial charge < -0.3 is 25.2 Å². The van der Waals surface area contributed by atoms with E-state index in [0.717, 1.165) is 19.3 Å². The molecule has 0 amide bonds. The fourth-order valence-corrected chi connectivity index (χ4v) is 2.87. The van der Waals surface area contributed by atoms with Gasteiger partial charge in [-0.05, 0) is 32.1 Å². The number of aliphatic carboxylic acids is 1. The molecule has 158 valence electrons. The van der Waals surface area contributed by atoms with Crippen molar-refractivity contribution in [3.63, 3.8) is 0 Å². The Morgan fingerprint density at radius 3 is 2.36 bits per heavy atom. The van der Waals surface area contributed by atoms with Crippen LogP contribution in [0.3, 0.4) is 0 Å². The molecule has 1 aliphatic heterocycles. The van der Waals surface area contributed by atoms with Crippen LogP contribution < -0.4 is 0 Å². The smallest absolute Gasteiger partial charge is 0.303 e. The Morgan fingerprint density at radius 2 is 1.71 bits per heavy atom. The van der Waals surface area contributed by atoms with E-state index in [9.17, 15) is 20.1 Å². The predicted octanol–water partition coefficient (Wildman–Crippen LogP) is 2.90. The number of aliphatic hydroxyl groups is 3. The zero-order chi connectivity index (χ0) is 20.8. The molecule has 1 aliphatic rings. The van der Waals surface area contributed by atoms with E-state index in [4.69, 9.17) is 9.84 Å². The zero-order valence-electron chi connectivity index (χ0n) is 16.6. The molecule has 6 nitrogen and oxygen atoms in total. The topological polar surface area (TPSA) is 107 Å². The third kappa shape index (κ3) is 10.6. The molecule has 0 bridgehead atoms. The Labute approximate surface area is 167 Å². The molecule has 1 saturated heterocycles. The molecule has 0 radical (unpaired) electrons. The summed E-state index contributed by atoms with van der Waals surface area (Å²) in [7, 11) is 0. The van der Waals surface area contributed by atoms with Crippen LogP contribution in [0.2, 0.25) is 0 Å². The number of hydrogen-bond donors (Lipinski definition) is 4. The van der Waals surface area contributed by atoms with Crippen LogP contribution in [0.5, 0.6) is 0 Å². The number of allylic oxidation sites excluding steroid dienone is 5. The van der Waals surface area contributed by atoms with E-state index in [0.29, 0.717) is 12.8 Å². The summed E-state index contributed by atoms with van der Waals surface area (Å²) >= 11 is 0. The van der Waals surface area contributed by atoms with Gasteiger partial charge in [0, 0.05) is 12.8 Å². The minimum absolute atomic E-state index is 0.0868. The van der Waals surface area contributed by atoms with Crippen molar-refractivity contribution in [2.24, 2.45) is 0 Å². The van der Waals surface area contributed by atoms with Crippen molar-refractivity contribution in [2.45, 2.75) is 82.4 Å². The van der Waals surface area contributed by atoms with Crippen molar-refractivity contribution < 1.29 is 30.0 Å². The maximum absolute atomic E-state index is 10.5. The molecule has 1 rings (SSSR count). The van der Waals surface area contributed by atoms with Gasteiger partial charge in [-0.15, -0.1) is 0 Å². The van der Waals surface area contributed by atoms with Gasteiger partial charge >= 0.3 is 5.97 Å². The molecular formula is C22H34O6. The number of carbonyl (C=O) groups is 1. The summed E-state index contributed by atoms with van der Waals surface area (Å²) in [6.07, 6.45) is 15.5. The standard InChI is InChI=1S/C22H34O6/c1-2-3-4-5-6-7-8-9-10-11-20-19(25)16-21(28-20)18(24)14-12-17(23)13-15-22(26)27/h3-4,6-7,9-10,12,14,17-21,23-25H,2,5,8,11,13,15-16H2,1H3,(H,26,27)/b4-3-,7-6-,10-9-,14-12+/t17-,18-,19+,20-,21-/m0/s1. The summed E-state index contributed by atoms with van der Waals surface area (Å²) in [5.74, 6) is -0.977. The fourth-order valence-electron chi connectivity index (χ4n) is 2.87. The Bertz CT molecular complexity index is 551. The third-order valence-corrected chi connectivity index (χ3v) is 4.47. The molecule has 4 N–H and O–H groups in total. The second-order valence-corrected chi connectivity index (χ2v) is 6.92. The van der Waals surface area contributed by atoms with E-state index in [1.807, 2.05) is 12.2 Å². The molecule has 6 heteroatoms. The average molecular weight is 395 g/mol. The van der Waals surface area contributed by atoms with Crippen LogP contribution in [-0.2, 0) is 9.53 Å². The molecule has 1 fully saturated rings. The van der Waals surface area contributed by atoms with Crippen molar-refractivity contribution in [1.82, 2.24) is 0 Å². The second-order valence-electron chi connectivity index (χ2n) is 6.92. The van der Waals surface area contributed by atoms with Gasteiger partial charge in [0.2, 0.25) is 0 Å². The normalized spacial score (nSPS) is 25.5. The van der Waals surface area contributed by atoms with Crippen LogP contribution in [0.15, 0.2) is 48.6 Å². The van der Waals surface area contributed by atoms with Crippen molar-refractivity contribution in [1.29, 1.82) is 0 Å². The first-order valence-corrected chi connectivity index (χ1v) is 9.98. The summed E-state index contributed by atoms with van der Waals surface area (Å²) in [6.45, 7) is 2.11. The van der Waals surface area contributed by atoms with Crippen molar-refractivity contribution in [2.75, 3.05) is 0 Å². The fraction of sp³-hybridized carbons (Fsp3) is 0.591. The van der Waals surface area contributed by atoms with Crippen LogP contribution in [0.1, 0.15) is 51.9 Å². The quantitative estimate of drug-likeness (QED) is 0.358. The van der Waals surface area contributed by atoms with Gasteiger partial charge in [0.05, 0.1) is 30.5 Å². The molecule has 0 aromatic rings. The van der Waals surface area contributed by atoms with E-state index >= 15 is 0 Å². The number of rotatable bonds is 13. The summed E-state index contributed by atoms with van der Waals surface area (Å²) in [4.78, 5) is 10.5. The number of ether oxygens (including phenoxy) is 1. The molecule has 28 heavy (non-hydrogen) atoms. The lowest BCUT2D eigenvalue weighted by atomic mass is 10.0. The molecule has 0 aromatic carbocycles. The Kier molecular flexibility index (Phi) is 12.4. The van der Waals surface area contributed by atoms with E-state index in [2.05, 4.69) is 31.2 Å². The van der Waals surface area contributed by atoms with Crippen molar-refractivity contribution in [3.8, 4) is 0 Å². The van der Waals surface area contributed by atoms with Gasteiger partial charge in [-0.3, -0.25) is 4.79 Å². The predicted molar refractivity (Wildman–Crippen MR) is 109 cm³/mol. The van der Waals surface area contributed by atoms with Gasteiger partial charge in [-0.1, -0.05) is 55.5 Å². The van der Waals surface area contributed by atoms with E-state index in [1.54, 1.807) is 0 Å². The largest absolute Gasteiger partial charge is 0.481 e. The molecule has 0 aromatic heterocycles. The first-order chi connectivity index (χ1) is 13.4. The van der Waals surface area contributed by atoms with Crippen LogP contribution in [-0.4, -0.2) is 56.9 Å². The molecule has 0 spiro atoms. The number of carboxylic acids is 1. The van der Waals surface area contributed by atoms with Gasteiger partial charge in [-0.2, -0.15) is 0 Å². The lowest BCUT2D eigenvalue weighted by Crippen LogP contribution is -2.24. The first-order valence-electron chi connectivity index (χ1n) is 9.98. The highest BCUT2D eigenvalue weighted by molar-refractivity contribution is 5.66. The second kappa shape index (κ2) is 14.3. The Balaban J connectivity index is 2.32.